The summed E-state index contributed by atoms with van der Waals surface area (Å²) >= 11 is 0. The second-order valence-corrected chi connectivity index (χ2v) is 4.24. The van der Waals surface area contributed by atoms with Crippen LogP contribution < -0.4 is 0 Å². The standard InChI is InChI=1S/C10H22N2O2/c1-11-5-3-4-9(6-11)12(2)10(7-13)8-14/h9-10,13-14H,3-8H2,1-2H3. The number of rotatable bonds is 4. The van der Waals surface area contributed by atoms with Gasteiger partial charge >= 0.3 is 0 Å². The summed E-state index contributed by atoms with van der Waals surface area (Å²) in [7, 11) is 4.10. The van der Waals surface area contributed by atoms with E-state index in [-0.39, 0.29) is 19.3 Å². The molecule has 0 saturated carbocycles. The number of aliphatic hydroxyl groups is 2. The Kier molecular flexibility index (Phi) is 4.81. The SMILES string of the molecule is CN1CCCC(N(C)C(CO)CO)C1. The molecule has 0 aliphatic carbocycles. The van der Waals surface area contributed by atoms with Crippen molar-refractivity contribution >= 4 is 0 Å². The summed E-state index contributed by atoms with van der Waals surface area (Å²) in [5.41, 5.74) is 0. The molecule has 0 aromatic carbocycles. The molecule has 0 aromatic heterocycles. The van der Waals surface area contributed by atoms with Gasteiger partial charge in [-0.05, 0) is 33.5 Å². The Morgan fingerprint density at radius 2 is 2.07 bits per heavy atom. The van der Waals surface area contributed by atoms with Gasteiger partial charge in [-0.15, -0.1) is 0 Å². The van der Waals surface area contributed by atoms with E-state index in [1.165, 1.54) is 6.42 Å². The van der Waals surface area contributed by atoms with E-state index in [1.54, 1.807) is 0 Å². The number of aliphatic hydroxyl groups excluding tert-OH is 2. The summed E-state index contributed by atoms with van der Waals surface area (Å²) in [5, 5.41) is 18.2. The second-order valence-electron chi connectivity index (χ2n) is 4.24. The highest BCUT2D eigenvalue weighted by Crippen LogP contribution is 2.15. The van der Waals surface area contributed by atoms with E-state index in [0.717, 1.165) is 19.5 Å². The van der Waals surface area contributed by atoms with E-state index in [0.29, 0.717) is 6.04 Å². The van der Waals surface area contributed by atoms with Crippen molar-refractivity contribution in [2.24, 2.45) is 0 Å². The lowest BCUT2D eigenvalue weighted by Crippen LogP contribution is -2.51. The van der Waals surface area contributed by atoms with Crippen LogP contribution in [0.4, 0.5) is 0 Å². The monoisotopic (exact) mass is 202 g/mol. The van der Waals surface area contributed by atoms with Crippen LogP contribution in [0, 0.1) is 0 Å². The zero-order valence-electron chi connectivity index (χ0n) is 9.19. The first-order valence-corrected chi connectivity index (χ1v) is 5.31. The quantitative estimate of drug-likeness (QED) is 0.637. The van der Waals surface area contributed by atoms with Crippen molar-refractivity contribution in [3.05, 3.63) is 0 Å². The smallest absolute Gasteiger partial charge is 0.0609 e. The summed E-state index contributed by atoms with van der Waals surface area (Å²) in [4.78, 5) is 4.41. The summed E-state index contributed by atoms with van der Waals surface area (Å²) < 4.78 is 0. The highest BCUT2D eigenvalue weighted by atomic mass is 16.3. The molecule has 0 amide bonds. The number of piperidine rings is 1. The molecule has 0 spiro atoms. The van der Waals surface area contributed by atoms with E-state index < -0.39 is 0 Å². The molecule has 1 heterocycles. The molecule has 4 nitrogen and oxygen atoms in total. The largest absolute Gasteiger partial charge is 0.395 e. The Morgan fingerprint density at radius 1 is 1.43 bits per heavy atom. The highest BCUT2D eigenvalue weighted by Gasteiger charge is 2.25. The first-order valence-electron chi connectivity index (χ1n) is 5.31. The second kappa shape index (κ2) is 5.66. The number of hydrogen-bond donors (Lipinski definition) is 2. The molecular weight excluding hydrogens is 180 g/mol. The van der Waals surface area contributed by atoms with Gasteiger partial charge < -0.3 is 15.1 Å². The lowest BCUT2D eigenvalue weighted by atomic mass is 10.0. The highest BCUT2D eigenvalue weighted by molar-refractivity contribution is 4.81. The van der Waals surface area contributed by atoms with Crippen LogP contribution in [0.2, 0.25) is 0 Å². The van der Waals surface area contributed by atoms with Gasteiger partial charge in [0.1, 0.15) is 0 Å². The van der Waals surface area contributed by atoms with Crippen molar-refractivity contribution in [3.63, 3.8) is 0 Å². The third-order valence-electron chi connectivity index (χ3n) is 3.17. The van der Waals surface area contributed by atoms with Gasteiger partial charge in [-0.3, -0.25) is 4.90 Å². The van der Waals surface area contributed by atoms with E-state index in [4.69, 9.17) is 10.2 Å². The van der Waals surface area contributed by atoms with Crippen molar-refractivity contribution < 1.29 is 10.2 Å². The van der Waals surface area contributed by atoms with Crippen LogP contribution in [0.25, 0.3) is 0 Å². The van der Waals surface area contributed by atoms with Gasteiger partial charge in [-0.25, -0.2) is 0 Å². The van der Waals surface area contributed by atoms with Crippen molar-refractivity contribution in [1.82, 2.24) is 9.80 Å². The summed E-state index contributed by atoms with van der Waals surface area (Å²) in [6, 6.07) is 0.365. The lowest BCUT2D eigenvalue weighted by Gasteiger charge is -2.38. The maximum absolute atomic E-state index is 9.08. The molecule has 1 saturated heterocycles. The number of hydrogen-bond acceptors (Lipinski definition) is 4. The molecule has 1 aliphatic rings. The van der Waals surface area contributed by atoms with Crippen LogP contribution in [0.15, 0.2) is 0 Å². The van der Waals surface area contributed by atoms with Gasteiger partial charge in [0.15, 0.2) is 0 Å². The Labute approximate surface area is 86.1 Å². The molecule has 1 atom stereocenters. The number of nitrogens with zero attached hydrogens (tertiary/aromatic N) is 2. The maximum atomic E-state index is 9.08. The Morgan fingerprint density at radius 3 is 2.57 bits per heavy atom. The van der Waals surface area contributed by atoms with Crippen LogP contribution in [-0.2, 0) is 0 Å². The Balaban J connectivity index is 2.45. The van der Waals surface area contributed by atoms with Crippen molar-refractivity contribution in [2.45, 2.75) is 24.9 Å². The molecule has 2 N–H and O–H groups in total. The van der Waals surface area contributed by atoms with Gasteiger partial charge in [0.25, 0.3) is 0 Å². The minimum absolute atomic E-state index is 0.0349. The van der Waals surface area contributed by atoms with E-state index in [2.05, 4.69) is 16.8 Å². The van der Waals surface area contributed by atoms with Gasteiger partial charge in [-0.1, -0.05) is 0 Å². The van der Waals surface area contributed by atoms with Crippen molar-refractivity contribution in [1.29, 1.82) is 0 Å². The average molecular weight is 202 g/mol. The van der Waals surface area contributed by atoms with E-state index >= 15 is 0 Å². The van der Waals surface area contributed by atoms with Gasteiger partial charge in [0.05, 0.1) is 19.3 Å². The fourth-order valence-corrected chi connectivity index (χ4v) is 2.09. The minimum Gasteiger partial charge on any atom is -0.395 e. The molecule has 0 bridgehead atoms. The average Bonchev–Trinajstić information content (AvgIpc) is 2.19. The molecule has 0 radical (unpaired) electrons. The fraction of sp³-hybridized carbons (Fsp3) is 1.00. The van der Waals surface area contributed by atoms with E-state index in [9.17, 15) is 0 Å². The minimum atomic E-state index is -0.105. The Bertz CT molecular complexity index is 162. The normalized spacial score (nSPS) is 24.9. The summed E-state index contributed by atoms with van der Waals surface area (Å²) in [6.45, 7) is 2.26. The number of likely N-dealkylation sites (N-methyl/N-ethyl adjacent to an activating group) is 2. The first kappa shape index (κ1) is 11.9. The molecule has 14 heavy (non-hydrogen) atoms. The number of likely N-dealkylation sites (tertiary alicyclic amines) is 1. The van der Waals surface area contributed by atoms with Crippen molar-refractivity contribution in [2.75, 3.05) is 40.4 Å². The first-order chi connectivity index (χ1) is 6.69. The molecule has 4 heteroatoms. The molecular formula is C10H22N2O2. The zero-order valence-corrected chi connectivity index (χ0v) is 9.19. The predicted molar refractivity (Wildman–Crippen MR) is 56.2 cm³/mol. The topological polar surface area (TPSA) is 46.9 Å². The summed E-state index contributed by atoms with van der Waals surface area (Å²) in [6.07, 6.45) is 2.37. The van der Waals surface area contributed by atoms with Crippen LogP contribution in [0.3, 0.4) is 0 Å². The van der Waals surface area contributed by atoms with Crippen LogP contribution in [-0.4, -0.2) is 72.5 Å². The van der Waals surface area contributed by atoms with Gasteiger partial charge in [0, 0.05) is 12.6 Å². The predicted octanol–water partition coefficient (Wildman–Crippen LogP) is -0.634. The fourth-order valence-electron chi connectivity index (χ4n) is 2.09. The third kappa shape index (κ3) is 2.92. The molecule has 0 aromatic rings. The van der Waals surface area contributed by atoms with Gasteiger partial charge in [0.2, 0.25) is 0 Å². The van der Waals surface area contributed by atoms with Crippen molar-refractivity contribution in [3.8, 4) is 0 Å². The maximum Gasteiger partial charge on any atom is 0.0609 e. The zero-order chi connectivity index (χ0) is 10.6. The van der Waals surface area contributed by atoms with Gasteiger partial charge in [-0.2, -0.15) is 0 Å². The summed E-state index contributed by atoms with van der Waals surface area (Å²) in [5.74, 6) is 0. The lowest BCUT2D eigenvalue weighted by molar-refractivity contribution is 0.0375. The Hall–Kier alpha value is -0.160. The molecule has 1 fully saturated rings. The molecule has 84 valence electrons. The third-order valence-corrected chi connectivity index (χ3v) is 3.17. The van der Waals surface area contributed by atoms with Crippen LogP contribution in [0.5, 0.6) is 0 Å². The molecule has 1 aliphatic heterocycles. The van der Waals surface area contributed by atoms with E-state index in [1.807, 2.05) is 7.05 Å². The van der Waals surface area contributed by atoms with Crippen LogP contribution in [0.1, 0.15) is 12.8 Å². The molecule has 1 rings (SSSR count). The van der Waals surface area contributed by atoms with Crippen LogP contribution >= 0.6 is 0 Å². The molecule has 1 unspecified atom stereocenters.